The molecule has 11 atom stereocenters. The monoisotopic (exact) mass is 696 g/mol. The molecule has 2 unspecified atom stereocenters. The average Bonchev–Trinajstić information content (AvgIpc) is 3.63. The molecule has 2 saturated heterocycles. The number of aromatic nitrogens is 8. The van der Waals surface area contributed by atoms with Gasteiger partial charge in [-0.3, -0.25) is 22.7 Å². The topological polar surface area (TPSA) is 260 Å². The first-order valence-electron chi connectivity index (χ1n) is 14.2. The molecule has 47 heavy (non-hydrogen) atoms. The number of ether oxygens (including phenoxy) is 1. The molecule has 9 rings (SSSR count). The molecule has 4 aromatic heterocycles. The fraction of sp³-hybridized carbons (Fsp3) is 0.500. The number of anilines is 2. The van der Waals surface area contributed by atoms with Gasteiger partial charge in [-0.05, 0) is 12.0 Å². The molecule has 0 radical (unpaired) electrons. The maximum atomic E-state index is 16.9. The molecule has 3 aliphatic carbocycles. The summed E-state index contributed by atoms with van der Waals surface area (Å²) in [7, 11) is -10.3. The van der Waals surface area contributed by atoms with Gasteiger partial charge in [0.05, 0.1) is 37.3 Å². The molecule has 5 aliphatic rings. The highest BCUT2D eigenvalue weighted by atomic mass is 31.2. The lowest BCUT2D eigenvalue weighted by molar-refractivity contribution is -0.0565. The minimum absolute atomic E-state index is 0.0128. The fourth-order valence-electron chi connectivity index (χ4n) is 7.90. The van der Waals surface area contributed by atoms with E-state index in [1.165, 1.54) is 28.1 Å². The molecular weight excluding hydrogens is 672 g/mol. The first-order chi connectivity index (χ1) is 22.4. The van der Waals surface area contributed by atoms with E-state index in [-0.39, 0.29) is 46.0 Å². The summed E-state index contributed by atoms with van der Waals surface area (Å²) < 4.78 is 89.9. The van der Waals surface area contributed by atoms with Gasteiger partial charge in [0, 0.05) is 5.92 Å². The zero-order chi connectivity index (χ0) is 32.7. The smallest absolute Gasteiger partial charge is 0.382 e. The predicted molar refractivity (Wildman–Crippen MR) is 151 cm³/mol. The van der Waals surface area contributed by atoms with Crippen molar-refractivity contribution < 1.29 is 50.5 Å². The van der Waals surface area contributed by atoms with Crippen molar-refractivity contribution >= 4 is 49.6 Å². The van der Waals surface area contributed by atoms with Crippen molar-refractivity contribution in [1.82, 2.24) is 39.0 Å². The van der Waals surface area contributed by atoms with Crippen molar-refractivity contribution in [2.45, 2.75) is 48.8 Å². The minimum Gasteiger partial charge on any atom is -0.382 e. The van der Waals surface area contributed by atoms with Gasteiger partial charge in [0.15, 0.2) is 41.5 Å². The molecule has 2 saturated carbocycles. The molecule has 4 aromatic rings. The number of nitrogen functional groups attached to an aromatic ring is 2. The molecule has 23 heteroatoms. The number of rotatable bonds is 2. The van der Waals surface area contributed by atoms with Crippen LogP contribution in [0.2, 0.25) is 0 Å². The largest absolute Gasteiger partial charge is 0.473 e. The molecule has 1 spiro atoms. The number of phosphoric acid groups is 2. The molecule has 0 bridgehead atoms. The maximum absolute atomic E-state index is 16.9. The van der Waals surface area contributed by atoms with Gasteiger partial charge in [-0.15, -0.1) is 0 Å². The van der Waals surface area contributed by atoms with Gasteiger partial charge in [-0.2, -0.15) is 0 Å². The van der Waals surface area contributed by atoms with E-state index in [9.17, 15) is 18.9 Å². The second kappa shape index (κ2) is 9.55. The van der Waals surface area contributed by atoms with Crippen LogP contribution < -0.4 is 11.5 Å². The minimum atomic E-state index is -5.14. The number of nitrogens with two attached hydrogens (primary N) is 2. The van der Waals surface area contributed by atoms with E-state index in [0.29, 0.717) is 0 Å². The van der Waals surface area contributed by atoms with E-state index in [1.807, 2.05) is 0 Å². The second-order valence-electron chi connectivity index (χ2n) is 11.9. The van der Waals surface area contributed by atoms with Crippen molar-refractivity contribution in [1.29, 1.82) is 0 Å². The lowest BCUT2D eigenvalue weighted by Gasteiger charge is -2.28. The Morgan fingerprint density at radius 3 is 2.28 bits per heavy atom. The summed E-state index contributed by atoms with van der Waals surface area (Å²) in [6.07, 6.45) is -2.45. The van der Waals surface area contributed by atoms with Gasteiger partial charge in [0.25, 0.3) is 0 Å². The Kier molecular flexibility index (Phi) is 6.02. The molecular formula is C24H24F2N10O9P2. The van der Waals surface area contributed by atoms with Crippen molar-refractivity contribution in [3.63, 3.8) is 0 Å². The third-order valence-corrected chi connectivity index (χ3v) is 11.8. The van der Waals surface area contributed by atoms with Gasteiger partial charge < -0.3 is 30.6 Å². The SMILES string of the molecule is Nc1ncnc2c1ncn2[C@@H]1[C@H]2CC=C3[C@@]4(OP(=O)(O)OC[C@H]5O[C@@H](n6cnc7c(N)ncnc76)[C@H](F)[C@@H]5OP(=O)(O)OC[C@@]324)[C@H]1F. The summed E-state index contributed by atoms with van der Waals surface area (Å²) in [5.74, 6) is -0.654. The molecule has 2 aliphatic heterocycles. The number of imidazole rings is 2. The fourth-order valence-corrected chi connectivity index (χ4v) is 10.0. The van der Waals surface area contributed by atoms with E-state index in [2.05, 4.69) is 29.9 Å². The number of allylic oxidation sites excluding steroid dienone is 1. The number of nitrogens with zero attached hydrogens (tertiary/aromatic N) is 8. The molecule has 0 aromatic carbocycles. The van der Waals surface area contributed by atoms with E-state index >= 15 is 8.78 Å². The molecule has 248 valence electrons. The highest BCUT2D eigenvalue weighted by molar-refractivity contribution is 7.47. The van der Waals surface area contributed by atoms with Crippen molar-refractivity contribution in [2.75, 3.05) is 24.7 Å². The first kappa shape index (κ1) is 29.6. The third kappa shape index (κ3) is 3.85. The van der Waals surface area contributed by atoms with E-state index in [1.54, 1.807) is 6.08 Å². The number of phosphoric ester groups is 2. The van der Waals surface area contributed by atoms with Crippen LogP contribution in [0.25, 0.3) is 22.3 Å². The maximum Gasteiger partial charge on any atom is 0.473 e. The molecule has 4 fully saturated rings. The Bertz CT molecular complexity index is 2120. The number of fused-ring (bicyclic) bond motifs is 3. The Morgan fingerprint density at radius 1 is 0.915 bits per heavy atom. The van der Waals surface area contributed by atoms with Crippen molar-refractivity contribution in [2.24, 2.45) is 11.3 Å². The van der Waals surface area contributed by atoms with Gasteiger partial charge in [-0.25, -0.2) is 47.8 Å². The standard InChI is InChI=1S/C24H24F2N10O9P2/c25-12-16-10(43-22(12)36-8-34-14-19(28)30-6-32-21(14)36)3-41-47(39,40)45-24-11-2-1-9(23(11,24)4-42-46(37,38)44-16)15(17(24)26)35-7-33-13-18(27)29-5-31-20(13)35/h2,5-10,12,15-17,22H,1,3-4H2,(H,37,38)(H,39,40)(H2,27,29,31)(H2,28,30,32)/t9-,10-,12-,15-,16-,17+,22-,23+,24-/m1/s1. The van der Waals surface area contributed by atoms with Crippen LogP contribution in [-0.2, 0) is 32.0 Å². The van der Waals surface area contributed by atoms with Gasteiger partial charge in [0.2, 0.25) is 0 Å². The van der Waals surface area contributed by atoms with Crippen LogP contribution >= 0.6 is 15.6 Å². The molecule has 6 heterocycles. The summed E-state index contributed by atoms with van der Waals surface area (Å²) >= 11 is 0. The highest BCUT2D eigenvalue weighted by Gasteiger charge is 2.90. The second-order valence-corrected chi connectivity index (χ2v) is 14.7. The van der Waals surface area contributed by atoms with Crippen LogP contribution in [0.3, 0.4) is 0 Å². The summed E-state index contributed by atoms with van der Waals surface area (Å²) in [6.45, 7) is -1.55. The summed E-state index contributed by atoms with van der Waals surface area (Å²) in [5, 5.41) is 0. The Hall–Kier alpha value is -3.52. The summed E-state index contributed by atoms with van der Waals surface area (Å²) in [6, 6.07) is -1.09. The Balaban J connectivity index is 1.07. The van der Waals surface area contributed by atoms with Crippen molar-refractivity contribution in [3.05, 3.63) is 37.0 Å². The van der Waals surface area contributed by atoms with Crippen LogP contribution in [0, 0.1) is 11.3 Å². The third-order valence-electron chi connectivity index (χ3n) is 9.80. The van der Waals surface area contributed by atoms with E-state index in [4.69, 9.17) is 34.3 Å². The number of hydrogen-bond donors (Lipinski definition) is 4. The van der Waals surface area contributed by atoms with E-state index < -0.39 is 82.6 Å². The normalized spacial score (nSPS) is 42.8. The molecule has 19 nitrogen and oxygen atoms in total. The zero-order valence-corrected chi connectivity index (χ0v) is 25.5. The lowest BCUT2D eigenvalue weighted by Crippen LogP contribution is -2.36. The van der Waals surface area contributed by atoms with Crippen molar-refractivity contribution in [3.8, 4) is 0 Å². The number of alkyl halides is 2. The Morgan fingerprint density at radius 2 is 1.57 bits per heavy atom. The number of halogens is 2. The highest BCUT2D eigenvalue weighted by Crippen LogP contribution is 2.85. The average molecular weight is 696 g/mol. The predicted octanol–water partition coefficient (Wildman–Crippen LogP) is 1.29. The lowest BCUT2D eigenvalue weighted by atomic mass is 9.88. The van der Waals surface area contributed by atoms with Gasteiger partial charge in [0.1, 0.15) is 41.5 Å². The number of hydrogen-bond acceptors (Lipinski definition) is 15. The molecule has 6 N–H and O–H groups in total. The Labute approximate surface area is 261 Å². The molecule has 0 amide bonds. The van der Waals surface area contributed by atoms with Crippen LogP contribution in [-0.4, -0.2) is 92.2 Å². The zero-order valence-electron chi connectivity index (χ0n) is 23.7. The summed E-state index contributed by atoms with van der Waals surface area (Å²) in [4.78, 5) is 46.1. The van der Waals surface area contributed by atoms with Crippen LogP contribution in [0.1, 0.15) is 18.7 Å². The summed E-state index contributed by atoms with van der Waals surface area (Å²) in [5.41, 5.74) is 9.09. The first-order valence-corrected chi connectivity index (χ1v) is 17.2. The van der Waals surface area contributed by atoms with Crippen LogP contribution in [0.4, 0.5) is 20.4 Å². The quantitative estimate of drug-likeness (QED) is 0.170. The van der Waals surface area contributed by atoms with Gasteiger partial charge >= 0.3 is 15.6 Å². The van der Waals surface area contributed by atoms with Crippen LogP contribution in [0.15, 0.2) is 37.0 Å². The van der Waals surface area contributed by atoms with Gasteiger partial charge in [-0.1, -0.05) is 6.08 Å². The van der Waals surface area contributed by atoms with E-state index in [0.717, 1.165) is 6.33 Å². The van der Waals surface area contributed by atoms with Crippen LogP contribution in [0.5, 0.6) is 0 Å².